The standard InChI is InChI=1S/C21H28N4O4/c1-21(2,3)25-18(27)15-7-6-13(12-16(15)19(25)28)17(26)22-14-8-10-24(11-9-14)20(29)23(4)5/h6-7,12,14H,8-11H2,1-5H3,(H,22,26). The number of imide groups is 1. The van der Waals surface area contributed by atoms with Gasteiger partial charge in [0.05, 0.1) is 11.1 Å². The van der Waals surface area contributed by atoms with E-state index in [0.29, 0.717) is 37.1 Å². The number of carbonyl (C=O) groups is 4. The molecular weight excluding hydrogens is 372 g/mol. The van der Waals surface area contributed by atoms with E-state index < -0.39 is 5.54 Å². The van der Waals surface area contributed by atoms with Crippen LogP contribution in [-0.4, -0.2) is 77.2 Å². The molecule has 5 amide bonds. The number of hydrogen-bond acceptors (Lipinski definition) is 4. The van der Waals surface area contributed by atoms with Gasteiger partial charge in [0.15, 0.2) is 0 Å². The van der Waals surface area contributed by atoms with Gasteiger partial charge in [-0.2, -0.15) is 0 Å². The summed E-state index contributed by atoms with van der Waals surface area (Å²) in [6.07, 6.45) is 1.34. The lowest BCUT2D eigenvalue weighted by Gasteiger charge is -2.33. The maximum absolute atomic E-state index is 12.7. The number of hydrogen-bond donors (Lipinski definition) is 1. The molecule has 1 N–H and O–H groups in total. The fraction of sp³-hybridized carbons (Fsp3) is 0.524. The Labute approximate surface area is 170 Å². The SMILES string of the molecule is CN(C)C(=O)N1CCC(NC(=O)c2ccc3c(c2)C(=O)N(C(C)(C)C)C3=O)CC1. The van der Waals surface area contributed by atoms with Crippen molar-refractivity contribution in [2.45, 2.75) is 45.2 Å². The van der Waals surface area contributed by atoms with Gasteiger partial charge in [0.25, 0.3) is 17.7 Å². The molecule has 0 atom stereocenters. The summed E-state index contributed by atoms with van der Waals surface area (Å²) in [6, 6.07) is 4.57. The van der Waals surface area contributed by atoms with Crippen LogP contribution < -0.4 is 5.32 Å². The van der Waals surface area contributed by atoms with Crippen LogP contribution in [-0.2, 0) is 0 Å². The zero-order valence-electron chi connectivity index (χ0n) is 17.6. The van der Waals surface area contributed by atoms with Crippen molar-refractivity contribution in [3.8, 4) is 0 Å². The summed E-state index contributed by atoms with van der Waals surface area (Å²) in [4.78, 5) is 54.5. The Bertz CT molecular complexity index is 864. The van der Waals surface area contributed by atoms with Crippen LogP contribution in [0.25, 0.3) is 0 Å². The number of nitrogens with one attached hydrogen (secondary N) is 1. The molecule has 1 saturated heterocycles. The molecule has 1 aromatic carbocycles. The zero-order chi connectivity index (χ0) is 21.5. The molecule has 2 aliphatic rings. The number of piperidine rings is 1. The Morgan fingerprint density at radius 2 is 1.62 bits per heavy atom. The van der Waals surface area contributed by atoms with Gasteiger partial charge in [-0.15, -0.1) is 0 Å². The van der Waals surface area contributed by atoms with E-state index in [1.807, 2.05) is 0 Å². The Morgan fingerprint density at radius 1 is 1.03 bits per heavy atom. The molecule has 1 fully saturated rings. The highest BCUT2D eigenvalue weighted by Gasteiger charge is 2.42. The van der Waals surface area contributed by atoms with Crippen LogP contribution in [0.15, 0.2) is 18.2 Å². The highest BCUT2D eigenvalue weighted by molar-refractivity contribution is 6.22. The number of likely N-dealkylation sites (tertiary alicyclic amines) is 1. The molecular formula is C21H28N4O4. The molecule has 0 unspecified atom stereocenters. The van der Waals surface area contributed by atoms with Crippen LogP contribution in [0, 0.1) is 0 Å². The van der Waals surface area contributed by atoms with Crippen molar-refractivity contribution in [1.29, 1.82) is 0 Å². The molecule has 0 radical (unpaired) electrons. The molecule has 8 heteroatoms. The third-order valence-corrected chi connectivity index (χ3v) is 5.30. The van der Waals surface area contributed by atoms with E-state index >= 15 is 0 Å². The molecule has 156 valence electrons. The monoisotopic (exact) mass is 400 g/mol. The lowest BCUT2D eigenvalue weighted by molar-refractivity contribution is 0.0507. The second-order valence-corrected chi connectivity index (χ2v) is 8.79. The lowest BCUT2D eigenvalue weighted by Crippen LogP contribution is -2.49. The molecule has 1 aromatic rings. The van der Waals surface area contributed by atoms with E-state index in [0.717, 1.165) is 0 Å². The highest BCUT2D eigenvalue weighted by atomic mass is 16.2. The highest BCUT2D eigenvalue weighted by Crippen LogP contribution is 2.30. The van der Waals surface area contributed by atoms with Crippen molar-refractivity contribution in [1.82, 2.24) is 20.0 Å². The van der Waals surface area contributed by atoms with Crippen molar-refractivity contribution < 1.29 is 19.2 Å². The summed E-state index contributed by atoms with van der Waals surface area (Å²) in [6.45, 7) is 6.57. The second-order valence-electron chi connectivity index (χ2n) is 8.79. The van der Waals surface area contributed by atoms with E-state index in [1.165, 1.54) is 11.0 Å². The molecule has 0 aliphatic carbocycles. The van der Waals surface area contributed by atoms with Gasteiger partial charge in [-0.05, 0) is 51.8 Å². The quantitative estimate of drug-likeness (QED) is 0.769. The van der Waals surface area contributed by atoms with Crippen molar-refractivity contribution in [2.75, 3.05) is 27.2 Å². The topological polar surface area (TPSA) is 90.0 Å². The van der Waals surface area contributed by atoms with Gasteiger partial charge in [0.1, 0.15) is 0 Å². The molecule has 2 heterocycles. The van der Waals surface area contributed by atoms with E-state index in [-0.39, 0.29) is 35.4 Å². The van der Waals surface area contributed by atoms with Gasteiger partial charge in [0, 0.05) is 44.3 Å². The largest absolute Gasteiger partial charge is 0.349 e. The van der Waals surface area contributed by atoms with Crippen molar-refractivity contribution in [3.05, 3.63) is 34.9 Å². The summed E-state index contributed by atoms with van der Waals surface area (Å²) in [7, 11) is 3.44. The van der Waals surface area contributed by atoms with Crippen LogP contribution >= 0.6 is 0 Å². The van der Waals surface area contributed by atoms with Gasteiger partial charge in [0.2, 0.25) is 0 Å². The van der Waals surface area contributed by atoms with E-state index in [1.54, 1.807) is 56.8 Å². The summed E-state index contributed by atoms with van der Waals surface area (Å²) in [5.41, 5.74) is 0.321. The first kappa shape index (κ1) is 20.8. The fourth-order valence-electron chi connectivity index (χ4n) is 3.76. The first-order valence-electron chi connectivity index (χ1n) is 9.80. The zero-order valence-corrected chi connectivity index (χ0v) is 17.6. The number of benzene rings is 1. The van der Waals surface area contributed by atoms with Crippen LogP contribution in [0.4, 0.5) is 4.79 Å². The van der Waals surface area contributed by atoms with Crippen LogP contribution in [0.3, 0.4) is 0 Å². The van der Waals surface area contributed by atoms with Crippen molar-refractivity contribution in [2.24, 2.45) is 0 Å². The average Bonchev–Trinajstić information content (AvgIpc) is 2.91. The first-order chi connectivity index (χ1) is 13.5. The van der Waals surface area contributed by atoms with Crippen LogP contribution in [0.1, 0.15) is 64.7 Å². The molecule has 29 heavy (non-hydrogen) atoms. The molecule has 0 spiro atoms. The summed E-state index contributed by atoms with van der Waals surface area (Å²) >= 11 is 0. The Balaban J connectivity index is 1.67. The number of carbonyl (C=O) groups excluding carboxylic acids is 4. The average molecular weight is 400 g/mol. The van der Waals surface area contributed by atoms with Crippen LogP contribution in [0.5, 0.6) is 0 Å². The molecule has 0 bridgehead atoms. The van der Waals surface area contributed by atoms with Gasteiger partial charge in [-0.1, -0.05) is 0 Å². The molecule has 2 aliphatic heterocycles. The number of nitrogens with zero attached hydrogens (tertiary/aromatic N) is 3. The lowest BCUT2D eigenvalue weighted by atomic mass is 10.0. The molecule has 0 saturated carbocycles. The van der Waals surface area contributed by atoms with Gasteiger partial charge in [-0.25, -0.2) is 4.79 Å². The minimum Gasteiger partial charge on any atom is -0.349 e. The third kappa shape index (κ3) is 3.97. The minimum absolute atomic E-state index is 0.0278. The van der Waals surface area contributed by atoms with E-state index in [9.17, 15) is 19.2 Å². The first-order valence-corrected chi connectivity index (χ1v) is 9.80. The maximum Gasteiger partial charge on any atom is 0.319 e. The Hall–Kier alpha value is -2.90. The fourth-order valence-corrected chi connectivity index (χ4v) is 3.76. The number of urea groups is 1. The molecule has 0 aromatic heterocycles. The number of fused-ring (bicyclic) bond motifs is 1. The maximum atomic E-state index is 12.7. The third-order valence-electron chi connectivity index (χ3n) is 5.30. The van der Waals surface area contributed by atoms with Crippen molar-refractivity contribution in [3.63, 3.8) is 0 Å². The number of amides is 5. The Morgan fingerprint density at radius 3 is 2.17 bits per heavy atom. The van der Waals surface area contributed by atoms with Crippen molar-refractivity contribution >= 4 is 23.8 Å². The van der Waals surface area contributed by atoms with Gasteiger partial charge >= 0.3 is 6.03 Å². The summed E-state index contributed by atoms with van der Waals surface area (Å²) in [5.74, 6) is -0.982. The minimum atomic E-state index is -0.631. The van der Waals surface area contributed by atoms with E-state index in [4.69, 9.17) is 0 Å². The van der Waals surface area contributed by atoms with Gasteiger partial charge < -0.3 is 15.1 Å². The Kier molecular flexibility index (Phi) is 5.38. The normalized spacial score (nSPS) is 17.4. The second kappa shape index (κ2) is 7.50. The predicted molar refractivity (Wildman–Crippen MR) is 108 cm³/mol. The predicted octanol–water partition coefficient (Wildman–Crippen LogP) is 1.96. The van der Waals surface area contributed by atoms with Gasteiger partial charge in [-0.3, -0.25) is 19.3 Å². The number of rotatable bonds is 2. The smallest absolute Gasteiger partial charge is 0.319 e. The molecule has 8 nitrogen and oxygen atoms in total. The van der Waals surface area contributed by atoms with E-state index in [2.05, 4.69) is 5.32 Å². The summed E-state index contributed by atoms with van der Waals surface area (Å²) < 4.78 is 0. The summed E-state index contributed by atoms with van der Waals surface area (Å²) in [5, 5.41) is 2.98. The molecule has 3 rings (SSSR count). The van der Waals surface area contributed by atoms with Crippen LogP contribution in [0.2, 0.25) is 0 Å².